The molecule has 0 radical (unpaired) electrons. The molecule has 4 bridgehead atoms. The highest BCUT2D eigenvalue weighted by Gasteiger charge is 2.55. The van der Waals surface area contributed by atoms with Crippen LogP contribution in [0.3, 0.4) is 0 Å². The van der Waals surface area contributed by atoms with E-state index in [9.17, 15) is 9.59 Å². The fraction of sp³-hybridized carbons (Fsp3) is 0.800. The number of ketones is 1. The molecule has 104 valence electrons. The monoisotopic (exact) mass is 280 g/mol. The third kappa shape index (κ3) is 2.14. The van der Waals surface area contributed by atoms with E-state index in [2.05, 4.69) is 0 Å². The first kappa shape index (κ1) is 13.2. The quantitative estimate of drug-likeness (QED) is 0.451. The number of ether oxygens (including phenoxy) is 1. The predicted molar refractivity (Wildman–Crippen MR) is 74.8 cm³/mol. The Morgan fingerprint density at radius 1 is 1.11 bits per heavy atom. The molecule has 4 saturated carbocycles. The van der Waals surface area contributed by atoms with E-state index in [1.807, 2.05) is 0 Å². The molecular weight excluding hydrogens is 260 g/mol. The van der Waals surface area contributed by atoms with E-state index in [1.165, 1.54) is 19.3 Å². The first-order chi connectivity index (χ1) is 9.04. The Morgan fingerprint density at radius 2 is 1.58 bits per heavy atom. The van der Waals surface area contributed by atoms with Crippen LogP contribution in [-0.2, 0) is 14.3 Å². The number of hydrogen-bond donors (Lipinski definition) is 0. The van der Waals surface area contributed by atoms with Gasteiger partial charge >= 0.3 is 5.97 Å². The summed E-state index contributed by atoms with van der Waals surface area (Å²) in [5, 5.41) is 0. The van der Waals surface area contributed by atoms with Crippen LogP contribution in [0.15, 0.2) is 0 Å². The van der Waals surface area contributed by atoms with Crippen molar-refractivity contribution in [3.05, 3.63) is 0 Å². The van der Waals surface area contributed by atoms with E-state index in [1.54, 1.807) is 6.92 Å². The molecule has 0 aliphatic heterocycles. The second-order valence-electron chi connectivity index (χ2n) is 6.58. The lowest BCUT2D eigenvalue weighted by molar-refractivity contribution is -0.140. The average Bonchev–Trinajstić information content (AvgIpc) is 2.35. The smallest absolute Gasteiger partial charge is 0.352 e. The molecule has 4 aliphatic carbocycles. The van der Waals surface area contributed by atoms with Crippen molar-refractivity contribution in [2.75, 3.05) is 6.61 Å². The minimum absolute atomic E-state index is 0.0937. The minimum Gasteiger partial charge on any atom is -0.462 e. The van der Waals surface area contributed by atoms with Gasteiger partial charge in [0.25, 0.3) is 0 Å². The third-order valence-electron chi connectivity index (χ3n) is 5.19. The standard InChI is InChI=1S/C15H20O3S/c1-2-18-14(17)12(19)13(16)15-6-9-3-10(7-15)5-11(4-9)8-15/h9-11H,2-8H2,1H3. The molecule has 4 aliphatic rings. The highest BCUT2D eigenvalue weighted by molar-refractivity contribution is 7.84. The Bertz CT molecular complexity index is 405. The van der Waals surface area contributed by atoms with Crippen molar-refractivity contribution in [1.29, 1.82) is 0 Å². The van der Waals surface area contributed by atoms with E-state index in [4.69, 9.17) is 17.0 Å². The van der Waals surface area contributed by atoms with Gasteiger partial charge in [-0.25, -0.2) is 4.79 Å². The number of rotatable bonds is 4. The lowest BCUT2D eigenvalue weighted by Gasteiger charge is -2.55. The van der Waals surface area contributed by atoms with Gasteiger partial charge in [0.05, 0.1) is 6.61 Å². The normalized spacial score (nSPS) is 39.1. The summed E-state index contributed by atoms with van der Waals surface area (Å²) in [4.78, 5) is 24.3. The number of carbonyl (C=O) groups is 2. The Kier molecular flexibility index (Phi) is 3.24. The summed E-state index contributed by atoms with van der Waals surface area (Å²) in [7, 11) is 0. The van der Waals surface area contributed by atoms with E-state index in [0.29, 0.717) is 17.8 Å². The SMILES string of the molecule is CCOC(=O)C(=S)C(=O)C12CC3CC(CC(C3)C1)C2. The Morgan fingerprint density at radius 3 is 2.00 bits per heavy atom. The Balaban J connectivity index is 1.79. The summed E-state index contributed by atoms with van der Waals surface area (Å²) in [5.41, 5.74) is -0.321. The molecule has 0 aromatic rings. The third-order valence-corrected chi connectivity index (χ3v) is 5.54. The van der Waals surface area contributed by atoms with Crippen molar-refractivity contribution >= 4 is 28.8 Å². The first-order valence-electron chi connectivity index (χ1n) is 7.30. The number of esters is 1. The maximum Gasteiger partial charge on any atom is 0.352 e. The fourth-order valence-electron chi connectivity index (χ4n) is 4.92. The molecule has 0 aromatic carbocycles. The molecule has 0 heterocycles. The zero-order valence-corrected chi connectivity index (χ0v) is 12.1. The van der Waals surface area contributed by atoms with Gasteiger partial charge in [-0.3, -0.25) is 4.79 Å². The second kappa shape index (κ2) is 4.65. The van der Waals surface area contributed by atoms with Crippen molar-refractivity contribution in [3.63, 3.8) is 0 Å². The minimum atomic E-state index is -0.599. The second-order valence-corrected chi connectivity index (χ2v) is 6.98. The van der Waals surface area contributed by atoms with Crippen LogP contribution >= 0.6 is 12.2 Å². The van der Waals surface area contributed by atoms with E-state index in [0.717, 1.165) is 19.3 Å². The summed E-state index contributed by atoms with van der Waals surface area (Å²) in [5.74, 6) is 1.35. The van der Waals surface area contributed by atoms with Crippen LogP contribution < -0.4 is 0 Å². The summed E-state index contributed by atoms with van der Waals surface area (Å²) in [6.45, 7) is 2.00. The molecule has 0 atom stereocenters. The maximum atomic E-state index is 12.7. The van der Waals surface area contributed by atoms with Crippen LogP contribution in [0.5, 0.6) is 0 Å². The summed E-state index contributed by atoms with van der Waals surface area (Å²) in [6.07, 6.45) is 6.65. The van der Waals surface area contributed by atoms with E-state index >= 15 is 0 Å². The lowest BCUT2D eigenvalue weighted by atomic mass is 9.48. The molecule has 3 nitrogen and oxygen atoms in total. The largest absolute Gasteiger partial charge is 0.462 e. The highest BCUT2D eigenvalue weighted by Crippen LogP contribution is 2.60. The molecule has 0 aromatic heterocycles. The Hall–Kier alpha value is -0.770. The molecule has 19 heavy (non-hydrogen) atoms. The zero-order valence-electron chi connectivity index (χ0n) is 11.3. The van der Waals surface area contributed by atoms with Crippen LogP contribution in [0.25, 0.3) is 0 Å². The molecular formula is C15H20O3S. The van der Waals surface area contributed by atoms with Gasteiger partial charge < -0.3 is 4.74 Å². The zero-order chi connectivity index (χ0) is 13.6. The van der Waals surface area contributed by atoms with Crippen LogP contribution in [0.1, 0.15) is 45.4 Å². The van der Waals surface area contributed by atoms with Crippen molar-refractivity contribution in [1.82, 2.24) is 0 Å². The highest BCUT2D eigenvalue weighted by atomic mass is 32.1. The van der Waals surface area contributed by atoms with Gasteiger partial charge in [0.1, 0.15) is 0 Å². The molecule has 0 spiro atoms. The molecule has 0 N–H and O–H groups in total. The van der Waals surface area contributed by atoms with Crippen LogP contribution in [0, 0.1) is 23.2 Å². The van der Waals surface area contributed by atoms with E-state index < -0.39 is 5.97 Å². The molecule has 4 heteroatoms. The number of thiocarbonyl (C=S) groups is 1. The van der Waals surface area contributed by atoms with Gasteiger partial charge in [-0.15, -0.1) is 0 Å². The van der Waals surface area contributed by atoms with Gasteiger partial charge in [-0.2, -0.15) is 0 Å². The predicted octanol–water partition coefficient (Wildman–Crippen LogP) is 2.70. The van der Waals surface area contributed by atoms with Gasteiger partial charge in [-0.05, 0) is 63.2 Å². The lowest BCUT2D eigenvalue weighted by Crippen LogP contribution is -2.52. The number of Topliss-reactive ketones (excluding diaryl/α,β-unsaturated/α-hetero) is 1. The van der Waals surface area contributed by atoms with Crippen molar-refractivity contribution < 1.29 is 14.3 Å². The topological polar surface area (TPSA) is 43.4 Å². The van der Waals surface area contributed by atoms with Crippen molar-refractivity contribution in [3.8, 4) is 0 Å². The fourth-order valence-corrected chi connectivity index (χ4v) is 5.19. The van der Waals surface area contributed by atoms with Gasteiger partial charge in [0.15, 0.2) is 10.6 Å². The molecule has 0 unspecified atom stereocenters. The average molecular weight is 280 g/mol. The van der Waals surface area contributed by atoms with Crippen molar-refractivity contribution in [2.45, 2.75) is 45.4 Å². The summed E-state index contributed by atoms with van der Waals surface area (Å²) in [6, 6.07) is 0. The Labute approximate surface area is 119 Å². The molecule has 0 saturated heterocycles. The summed E-state index contributed by atoms with van der Waals surface area (Å²) < 4.78 is 4.89. The van der Waals surface area contributed by atoms with Crippen LogP contribution in [0.4, 0.5) is 0 Å². The van der Waals surface area contributed by atoms with Gasteiger partial charge in [0, 0.05) is 5.41 Å². The van der Waals surface area contributed by atoms with Crippen LogP contribution in [-0.4, -0.2) is 23.2 Å². The first-order valence-corrected chi connectivity index (χ1v) is 7.71. The van der Waals surface area contributed by atoms with Gasteiger partial charge in [-0.1, -0.05) is 12.2 Å². The number of hydrogen-bond acceptors (Lipinski definition) is 4. The molecule has 4 fully saturated rings. The maximum absolute atomic E-state index is 12.7. The van der Waals surface area contributed by atoms with E-state index in [-0.39, 0.29) is 22.7 Å². The summed E-state index contributed by atoms with van der Waals surface area (Å²) >= 11 is 5.08. The van der Waals surface area contributed by atoms with Crippen LogP contribution in [0.2, 0.25) is 0 Å². The molecule has 0 amide bonds. The van der Waals surface area contributed by atoms with Gasteiger partial charge in [0.2, 0.25) is 0 Å². The van der Waals surface area contributed by atoms with Crippen molar-refractivity contribution in [2.24, 2.45) is 23.2 Å². The molecule has 4 rings (SSSR count). The number of carbonyl (C=O) groups excluding carboxylic acids is 2.